The highest BCUT2D eigenvalue weighted by molar-refractivity contribution is 5.94. The number of aromatic nitrogens is 1. The number of carbonyl (C=O) groups is 1. The van der Waals surface area contributed by atoms with Crippen molar-refractivity contribution in [3.63, 3.8) is 0 Å². The van der Waals surface area contributed by atoms with Gasteiger partial charge < -0.3 is 10.0 Å². The number of amides is 1. The summed E-state index contributed by atoms with van der Waals surface area (Å²) in [5, 5.41) is 11.6. The maximum absolute atomic E-state index is 13.2. The molecular formula is C22H26N2O2. The predicted octanol–water partition coefficient (Wildman–Crippen LogP) is 3.68. The molecule has 1 aliphatic carbocycles. The molecule has 0 bridgehead atoms. The summed E-state index contributed by atoms with van der Waals surface area (Å²) in [5.74, 6) is 0.141. The van der Waals surface area contributed by atoms with E-state index in [1.807, 2.05) is 48.2 Å². The van der Waals surface area contributed by atoms with Gasteiger partial charge in [-0.05, 0) is 43.4 Å². The minimum absolute atomic E-state index is 0.0493. The van der Waals surface area contributed by atoms with E-state index < -0.39 is 5.60 Å². The average Bonchev–Trinajstić information content (AvgIpc) is 2.69. The van der Waals surface area contributed by atoms with E-state index in [0.29, 0.717) is 18.5 Å². The molecule has 1 N–H and O–H groups in total. The maximum Gasteiger partial charge on any atom is 0.255 e. The Hall–Kier alpha value is -2.20. The number of carbonyl (C=O) groups excluding carboxylic acids is 1. The van der Waals surface area contributed by atoms with E-state index in [1.54, 1.807) is 12.4 Å². The lowest BCUT2D eigenvalue weighted by Gasteiger charge is -2.52. The summed E-state index contributed by atoms with van der Waals surface area (Å²) < 4.78 is 0. The fourth-order valence-corrected chi connectivity index (χ4v) is 4.86. The number of rotatable bonds is 2. The highest BCUT2D eigenvalue weighted by Crippen LogP contribution is 2.47. The highest BCUT2D eigenvalue weighted by atomic mass is 16.3. The van der Waals surface area contributed by atoms with Gasteiger partial charge in [-0.3, -0.25) is 9.78 Å². The highest BCUT2D eigenvalue weighted by Gasteiger charge is 2.50. The molecule has 1 aromatic carbocycles. The van der Waals surface area contributed by atoms with Gasteiger partial charge in [-0.2, -0.15) is 0 Å². The zero-order valence-electron chi connectivity index (χ0n) is 15.3. The molecule has 2 heterocycles. The second kappa shape index (κ2) is 6.84. The van der Waals surface area contributed by atoms with Crippen molar-refractivity contribution >= 4 is 5.91 Å². The molecule has 3 atom stereocenters. The molecule has 2 aliphatic rings. The maximum atomic E-state index is 13.2. The second-order valence-electron chi connectivity index (χ2n) is 7.75. The van der Waals surface area contributed by atoms with Crippen LogP contribution in [0.3, 0.4) is 0 Å². The van der Waals surface area contributed by atoms with E-state index in [-0.39, 0.29) is 17.9 Å². The van der Waals surface area contributed by atoms with E-state index in [2.05, 4.69) is 4.98 Å². The standard InChI is InChI=1S/C22H26N2O2/c1-16-13-17(15-23-14-16)21(25)24-12-11-22(26,18-7-3-2-4-8-18)19-9-5-6-10-20(19)24/h2-4,7-8,13-15,19-20,26H,5-6,9-12H2,1H3/t19-,20+,22?/m0/s1. The van der Waals surface area contributed by atoms with E-state index in [0.717, 1.165) is 36.8 Å². The molecule has 1 amide bonds. The number of benzene rings is 1. The Bertz CT molecular complexity index is 792. The van der Waals surface area contributed by atoms with Crippen LogP contribution in [0, 0.1) is 12.8 Å². The quantitative estimate of drug-likeness (QED) is 0.899. The molecule has 1 saturated heterocycles. The monoisotopic (exact) mass is 350 g/mol. The van der Waals surface area contributed by atoms with Gasteiger partial charge in [0.25, 0.3) is 5.91 Å². The molecular weight excluding hydrogens is 324 g/mol. The van der Waals surface area contributed by atoms with Crippen LogP contribution in [-0.2, 0) is 5.60 Å². The van der Waals surface area contributed by atoms with E-state index in [9.17, 15) is 9.90 Å². The Labute approximate surface area is 154 Å². The first-order valence-electron chi connectivity index (χ1n) is 9.60. The van der Waals surface area contributed by atoms with Crippen molar-refractivity contribution in [2.45, 2.75) is 50.7 Å². The third-order valence-electron chi connectivity index (χ3n) is 6.13. The lowest BCUT2D eigenvalue weighted by atomic mass is 9.66. The zero-order valence-corrected chi connectivity index (χ0v) is 15.3. The van der Waals surface area contributed by atoms with Gasteiger partial charge in [-0.1, -0.05) is 43.2 Å². The molecule has 0 radical (unpaired) electrons. The summed E-state index contributed by atoms with van der Waals surface area (Å²) in [4.78, 5) is 19.3. The lowest BCUT2D eigenvalue weighted by Crippen LogP contribution is -2.59. The fraction of sp³-hybridized carbons (Fsp3) is 0.455. The van der Waals surface area contributed by atoms with Gasteiger partial charge in [0.05, 0.1) is 11.2 Å². The van der Waals surface area contributed by atoms with Crippen molar-refractivity contribution in [2.24, 2.45) is 5.92 Å². The minimum Gasteiger partial charge on any atom is -0.385 e. The van der Waals surface area contributed by atoms with Crippen LogP contribution in [0.4, 0.5) is 0 Å². The van der Waals surface area contributed by atoms with Crippen LogP contribution < -0.4 is 0 Å². The van der Waals surface area contributed by atoms with Gasteiger partial charge in [-0.25, -0.2) is 0 Å². The van der Waals surface area contributed by atoms with Crippen LogP contribution in [0.5, 0.6) is 0 Å². The van der Waals surface area contributed by atoms with Crippen molar-refractivity contribution in [1.82, 2.24) is 9.88 Å². The van der Waals surface area contributed by atoms with Gasteiger partial charge in [-0.15, -0.1) is 0 Å². The Morgan fingerprint density at radius 2 is 1.96 bits per heavy atom. The van der Waals surface area contributed by atoms with Gasteiger partial charge >= 0.3 is 0 Å². The number of aryl methyl sites for hydroxylation is 1. The van der Waals surface area contributed by atoms with Crippen LogP contribution in [0.25, 0.3) is 0 Å². The summed E-state index contributed by atoms with van der Waals surface area (Å²) in [5.41, 5.74) is 1.79. The average molecular weight is 350 g/mol. The van der Waals surface area contributed by atoms with E-state index in [1.165, 1.54) is 0 Å². The summed E-state index contributed by atoms with van der Waals surface area (Å²) in [6.07, 6.45) is 8.17. The lowest BCUT2D eigenvalue weighted by molar-refractivity contribution is -0.110. The Balaban J connectivity index is 1.66. The second-order valence-corrected chi connectivity index (χ2v) is 7.75. The summed E-state index contributed by atoms with van der Waals surface area (Å²) in [6.45, 7) is 2.54. The zero-order chi connectivity index (χ0) is 18.1. The first kappa shape index (κ1) is 17.2. The van der Waals surface area contributed by atoms with Gasteiger partial charge in [0, 0.05) is 30.9 Å². The van der Waals surface area contributed by atoms with Crippen molar-refractivity contribution in [2.75, 3.05) is 6.54 Å². The van der Waals surface area contributed by atoms with E-state index in [4.69, 9.17) is 0 Å². The molecule has 0 spiro atoms. The Morgan fingerprint density at radius 3 is 2.73 bits per heavy atom. The molecule has 1 saturated carbocycles. The number of hydrogen-bond acceptors (Lipinski definition) is 3. The SMILES string of the molecule is Cc1cncc(C(=O)N2CCC(O)(c3ccccc3)[C@H]3CCCC[C@H]32)c1. The smallest absolute Gasteiger partial charge is 0.255 e. The van der Waals surface area contributed by atoms with Crippen LogP contribution in [0.1, 0.15) is 53.6 Å². The molecule has 136 valence electrons. The van der Waals surface area contributed by atoms with Gasteiger partial charge in [0.1, 0.15) is 0 Å². The summed E-state index contributed by atoms with van der Waals surface area (Å²) in [7, 11) is 0. The molecule has 1 unspecified atom stereocenters. The number of nitrogens with zero attached hydrogens (tertiary/aromatic N) is 2. The van der Waals surface area contributed by atoms with E-state index >= 15 is 0 Å². The Morgan fingerprint density at radius 1 is 1.19 bits per heavy atom. The number of piperidine rings is 1. The molecule has 4 nitrogen and oxygen atoms in total. The Kier molecular flexibility index (Phi) is 4.53. The molecule has 4 heteroatoms. The van der Waals surface area contributed by atoms with Gasteiger partial charge in [0.15, 0.2) is 0 Å². The molecule has 2 aromatic rings. The number of pyridine rings is 1. The first-order valence-corrected chi connectivity index (χ1v) is 9.60. The van der Waals surface area contributed by atoms with Crippen LogP contribution in [0.15, 0.2) is 48.8 Å². The third-order valence-corrected chi connectivity index (χ3v) is 6.13. The van der Waals surface area contributed by atoms with Crippen LogP contribution in [-0.4, -0.2) is 33.5 Å². The van der Waals surface area contributed by atoms with Crippen molar-refractivity contribution < 1.29 is 9.90 Å². The minimum atomic E-state index is -0.839. The topological polar surface area (TPSA) is 53.4 Å². The largest absolute Gasteiger partial charge is 0.385 e. The molecule has 1 aliphatic heterocycles. The fourth-order valence-electron chi connectivity index (χ4n) is 4.86. The number of hydrogen-bond donors (Lipinski definition) is 1. The van der Waals surface area contributed by atoms with Crippen LogP contribution in [0.2, 0.25) is 0 Å². The summed E-state index contributed by atoms with van der Waals surface area (Å²) in [6, 6.07) is 12.0. The van der Waals surface area contributed by atoms with Gasteiger partial charge in [0.2, 0.25) is 0 Å². The number of likely N-dealkylation sites (tertiary alicyclic amines) is 1. The third kappa shape index (κ3) is 2.92. The normalized spacial score (nSPS) is 28.5. The number of fused-ring (bicyclic) bond motifs is 1. The molecule has 26 heavy (non-hydrogen) atoms. The first-order chi connectivity index (χ1) is 12.6. The molecule has 2 fully saturated rings. The van der Waals surface area contributed by atoms with Crippen molar-refractivity contribution in [3.05, 3.63) is 65.5 Å². The molecule has 4 rings (SSSR count). The summed E-state index contributed by atoms with van der Waals surface area (Å²) >= 11 is 0. The van der Waals surface area contributed by atoms with Crippen LogP contribution >= 0.6 is 0 Å². The predicted molar refractivity (Wildman–Crippen MR) is 101 cm³/mol. The molecule has 1 aromatic heterocycles. The number of aliphatic hydroxyl groups is 1. The van der Waals surface area contributed by atoms with Crippen molar-refractivity contribution in [1.29, 1.82) is 0 Å². The van der Waals surface area contributed by atoms with Crippen molar-refractivity contribution in [3.8, 4) is 0 Å².